The van der Waals surface area contributed by atoms with Gasteiger partial charge in [-0.15, -0.1) is 0 Å². The average Bonchev–Trinajstić information content (AvgIpc) is 2.37. The predicted octanol–water partition coefficient (Wildman–Crippen LogP) is 0.984. The molecule has 5 nitrogen and oxygen atoms in total. The van der Waals surface area contributed by atoms with Crippen molar-refractivity contribution in [2.45, 2.75) is 19.4 Å². The van der Waals surface area contributed by atoms with E-state index in [-0.39, 0.29) is 11.9 Å². The standard InChI is InChI=1S/C13H18N2O3/c1-9(15-5-4-13(14)16)10-2-3-11-12(8-10)18-7-6-17-11/h2-3,8-9,15H,4-7H2,1H3,(H2,14,16). The molecule has 1 aromatic rings. The van der Waals surface area contributed by atoms with Crippen LogP contribution in [0.5, 0.6) is 11.5 Å². The summed E-state index contributed by atoms with van der Waals surface area (Å²) >= 11 is 0. The predicted molar refractivity (Wildman–Crippen MR) is 67.7 cm³/mol. The van der Waals surface area contributed by atoms with Crippen molar-refractivity contribution >= 4 is 5.91 Å². The zero-order chi connectivity index (χ0) is 13.0. The van der Waals surface area contributed by atoms with E-state index in [0.717, 1.165) is 17.1 Å². The third kappa shape index (κ3) is 3.13. The highest BCUT2D eigenvalue weighted by atomic mass is 16.6. The van der Waals surface area contributed by atoms with Gasteiger partial charge in [-0.05, 0) is 24.6 Å². The molecule has 3 N–H and O–H groups in total. The lowest BCUT2D eigenvalue weighted by Gasteiger charge is -2.21. The number of ether oxygens (including phenoxy) is 2. The number of nitrogens with one attached hydrogen (secondary N) is 1. The van der Waals surface area contributed by atoms with E-state index in [1.54, 1.807) is 0 Å². The fraction of sp³-hybridized carbons (Fsp3) is 0.462. The van der Waals surface area contributed by atoms with Gasteiger partial charge in [0.25, 0.3) is 0 Å². The maximum atomic E-state index is 10.7. The molecule has 1 amide bonds. The molecule has 0 saturated carbocycles. The minimum absolute atomic E-state index is 0.139. The van der Waals surface area contributed by atoms with Crippen LogP contribution in [0.15, 0.2) is 18.2 Å². The molecule has 1 unspecified atom stereocenters. The molecule has 1 heterocycles. The van der Waals surface area contributed by atoms with Gasteiger partial charge in [-0.2, -0.15) is 0 Å². The first-order valence-electron chi connectivity index (χ1n) is 6.08. The number of fused-ring (bicyclic) bond motifs is 1. The molecule has 1 aliphatic heterocycles. The van der Waals surface area contributed by atoms with Crippen LogP contribution in [0.2, 0.25) is 0 Å². The molecule has 5 heteroatoms. The van der Waals surface area contributed by atoms with Crippen LogP contribution in [-0.4, -0.2) is 25.7 Å². The van der Waals surface area contributed by atoms with Crippen molar-refractivity contribution in [2.75, 3.05) is 19.8 Å². The van der Waals surface area contributed by atoms with Crippen molar-refractivity contribution in [3.8, 4) is 11.5 Å². The maximum absolute atomic E-state index is 10.7. The van der Waals surface area contributed by atoms with Gasteiger partial charge in [0.15, 0.2) is 11.5 Å². The Bertz CT molecular complexity index is 434. The van der Waals surface area contributed by atoms with Gasteiger partial charge in [-0.1, -0.05) is 6.07 Å². The quantitative estimate of drug-likeness (QED) is 0.817. The smallest absolute Gasteiger partial charge is 0.218 e. The van der Waals surface area contributed by atoms with Crippen molar-refractivity contribution in [2.24, 2.45) is 5.73 Å². The molecule has 0 aliphatic carbocycles. The molecule has 0 fully saturated rings. The van der Waals surface area contributed by atoms with E-state index in [0.29, 0.717) is 26.2 Å². The van der Waals surface area contributed by atoms with Gasteiger partial charge >= 0.3 is 0 Å². The Balaban J connectivity index is 1.97. The van der Waals surface area contributed by atoms with E-state index >= 15 is 0 Å². The van der Waals surface area contributed by atoms with Crippen molar-refractivity contribution < 1.29 is 14.3 Å². The highest BCUT2D eigenvalue weighted by Crippen LogP contribution is 2.32. The number of hydrogen-bond acceptors (Lipinski definition) is 4. The molecular weight excluding hydrogens is 232 g/mol. The van der Waals surface area contributed by atoms with Gasteiger partial charge in [0, 0.05) is 19.0 Å². The number of primary amides is 1. The number of carbonyl (C=O) groups is 1. The molecule has 0 bridgehead atoms. The summed E-state index contributed by atoms with van der Waals surface area (Å²) in [5, 5.41) is 3.24. The van der Waals surface area contributed by atoms with Crippen molar-refractivity contribution in [1.29, 1.82) is 0 Å². The molecule has 2 rings (SSSR count). The van der Waals surface area contributed by atoms with Crippen LogP contribution in [0.4, 0.5) is 0 Å². The molecule has 1 aliphatic rings. The van der Waals surface area contributed by atoms with Crippen LogP contribution >= 0.6 is 0 Å². The molecule has 0 saturated heterocycles. The van der Waals surface area contributed by atoms with Gasteiger partial charge in [-0.25, -0.2) is 0 Å². The Morgan fingerprint density at radius 3 is 2.83 bits per heavy atom. The summed E-state index contributed by atoms with van der Waals surface area (Å²) in [5.41, 5.74) is 6.19. The lowest BCUT2D eigenvalue weighted by molar-refractivity contribution is -0.117. The summed E-state index contributed by atoms with van der Waals surface area (Å²) in [6.07, 6.45) is 0.342. The van der Waals surface area contributed by atoms with E-state index in [1.165, 1.54) is 0 Å². The summed E-state index contributed by atoms with van der Waals surface area (Å²) < 4.78 is 11.0. The lowest BCUT2D eigenvalue weighted by Crippen LogP contribution is -2.24. The molecule has 0 spiro atoms. The van der Waals surface area contributed by atoms with Gasteiger partial charge in [0.2, 0.25) is 5.91 Å². The number of hydrogen-bond donors (Lipinski definition) is 2. The van der Waals surface area contributed by atoms with E-state index in [4.69, 9.17) is 15.2 Å². The number of benzene rings is 1. The third-order valence-corrected chi connectivity index (χ3v) is 2.89. The normalized spacial score (nSPS) is 15.2. The Morgan fingerprint density at radius 1 is 1.39 bits per heavy atom. The summed E-state index contributed by atoms with van der Waals surface area (Å²) in [6.45, 7) is 3.79. The minimum Gasteiger partial charge on any atom is -0.486 e. The molecule has 18 heavy (non-hydrogen) atoms. The Labute approximate surface area is 106 Å². The molecule has 0 radical (unpaired) electrons. The fourth-order valence-corrected chi connectivity index (χ4v) is 1.86. The van der Waals surface area contributed by atoms with Crippen LogP contribution in [0.3, 0.4) is 0 Å². The van der Waals surface area contributed by atoms with E-state index < -0.39 is 0 Å². The van der Waals surface area contributed by atoms with E-state index in [2.05, 4.69) is 5.32 Å². The van der Waals surface area contributed by atoms with Crippen LogP contribution in [-0.2, 0) is 4.79 Å². The highest BCUT2D eigenvalue weighted by Gasteiger charge is 2.14. The largest absolute Gasteiger partial charge is 0.486 e. The van der Waals surface area contributed by atoms with E-state index in [1.807, 2.05) is 25.1 Å². The van der Waals surface area contributed by atoms with Crippen LogP contribution in [0, 0.1) is 0 Å². The number of amides is 1. The SMILES string of the molecule is CC(NCCC(N)=O)c1ccc2c(c1)OCCO2. The highest BCUT2D eigenvalue weighted by molar-refractivity contribution is 5.73. The first-order valence-corrected chi connectivity index (χ1v) is 6.08. The van der Waals surface area contributed by atoms with Crippen molar-refractivity contribution in [1.82, 2.24) is 5.32 Å². The van der Waals surface area contributed by atoms with Crippen LogP contribution in [0.25, 0.3) is 0 Å². The average molecular weight is 250 g/mol. The lowest BCUT2D eigenvalue weighted by atomic mass is 10.1. The second-order valence-corrected chi connectivity index (χ2v) is 4.30. The maximum Gasteiger partial charge on any atom is 0.218 e. The van der Waals surface area contributed by atoms with Crippen LogP contribution in [0.1, 0.15) is 24.9 Å². The molecular formula is C13H18N2O3. The topological polar surface area (TPSA) is 73.6 Å². The Morgan fingerprint density at radius 2 is 2.11 bits per heavy atom. The Kier molecular flexibility index (Phi) is 4.04. The van der Waals surface area contributed by atoms with Crippen LogP contribution < -0.4 is 20.5 Å². The fourth-order valence-electron chi connectivity index (χ4n) is 1.86. The summed E-state index contributed by atoms with van der Waals surface area (Å²) in [5.74, 6) is 1.27. The molecule has 1 atom stereocenters. The minimum atomic E-state index is -0.295. The van der Waals surface area contributed by atoms with Crippen molar-refractivity contribution in [3.05, 3.63) is 23.8 Å². The van der Waals surface area contributed by atoms with Gasteiger partial charge in [0.1, 0.15) is 13.2 Å². The second-order valence-electron chi connectivity index (χ2n) is 4.30. The zero-order valence-electron chi connectivity index (χ0n) is 10.4. The molecule has 98 valence electrons. The third-order valence-electron chi connectivity index (χ3n) is 2.89. The van der Waals surface area contributed by atoms with Gasteiger partial charge in [-0.3, -0.25) is 4.79 Å². The number of nitrogens with two attached hydrogens (primary N) is 1. The zero-order valence-corrected chi connectivity index (χ0v) is 10.4. The monoisotopic (exact) mass is 250 g/mol. The van der Waals surface area contributed by atoms with E-state index in [9.17, 15) is 4.79 Å². The van der Waals surface area contributed by atoms with Crippen molar-refractivity contribution in [3.63, 3.8) is 0 Å². The summed E-state index contributed by atoms with van der Waals surface area (Å²) in [6, 6.07) is 6.02. The molecule has 0 aromatic heterocycles. The summed E-state index contributed by atoms with van der Waals surface area (Å²) in [4.78, 5) is 10.7. The first-order chi connectivity index (χ1) is 8.66. The summed E-state index contributed by atoms with van der Waals surface area (Å²) in [7, 11) is 0. The Hall–Kier alpha value is -1.75. The first kappa shape index (κ1) is 12.7. The second kappa shape index (κ2) is 5.73. The van der Waals surface area contributed by atoms with Gasteiger partial charge < -0.3 is 20.5 Å². The number of carbonyl (C=O) groups excluding carboxylic acids is 1. The molecule has 1 aromatic carbocycles. The van der Waals surface area contributed by atoms with Gasteiger partial charge in [0.05, 0.1) is 0 Å². The number of rotatable bonds is 5.